The Hall–Kier alpha value is 0.480. The molecule has 0 spiro atoms. The lowest BCUT2D eigenvalue weighted by atomic mass is 15.9. The summed E-state index contributed by atoms with van der Waals surface area (Å²) < 4.78 is 33.4. The van der Waals surface area contributed by atoms with Crippen molar-refractivity contribution in [2.24, 2.45) is 0 Å². The van der Waals surface area contributed by atoms with E-state index in [-0.39, 0.29) is 24.8 Å². The lowest BCUT2D eigenvalue weighted by Crippen LogP contribution is -1.06. The zero-order chi connectivity index (χ0) is 5.41. The van der Waals surface area contributed by atoms with Gasteiger partial charge in [-0.05, 0) is 0 Å². The van der Waals surface area contributed by atoms with E-state index in [2.05, 4.69) is 0 Å². The number of halogens is 2. The van der Waals surface area contributed by atoms with E-state index in [0.717, 1.165) is 0 Å². The molecule has 4 nitrogen and oxygen atoms in total. The van der Waals surface area contributed by atoms with Gasteiger partial charge in [-0.2, -0.15) is 0 Å². The molecule has 0 aromatic carbocycles. The van der Waals surface area contributed by atoms with Gasteiger partial charge < -0.3 is 16.8 Å². The highest BCUT2D eigenvalue weighted by Crippen LogP contribution is 0.944. The van der Waals surface area contributed by atoms with E-state index in [4.69, 9.17) is 16.8 Å². The molecule has 0 heterocycles. The Morgan fingerprint density at radius 2 is 0.625 bits per heavy atom. The minimum atomic E-state index is -1.08. The largest absolute Gasteiger partial charge is 0.427 e. The van der Waals surface area contributed by atoms with Crippen LogP contribution in [0.4, 0.5) is 0 Å². The molecule has 0 aromatic rings. The van der Waals surface area contributed by atoms with Crippen LogP contribution in [0.25, 0.3) is 0 Å². The van der Waals surface area contributed by atoms with Crippen molar-refractivity contribution < 1.29 is 16.8 Å². The predicted molar refractivity (Wildman–Crippen MR) is 34.8 cm³/mol. The first kappa shape index (κ1) is 23.6. The van der Waals surface area contributed by atoms with Crippen LogP contribution in [0.1, 0.15) is 0 Å². The molecule has 0 rings (SSSR count). The van der Waals surface area contributed by atoms with Crippen LogP contribution in [-0.2, 0) is 40.0 Å². The Kier molecular flexibility index (Phi) is 151. The Morgan fingerprint density at radius 1 is 0.625 bits per heavy atom. The van der Waals surface area contributed by atoms with E-state index in [1.165, 1.54) is 0 Å². The van der Waals surface area contributed by atoms with Crippen LogP contribution in [0.3, 0.4) is 0 Å². The first-order valence-corrected chi connectivity index (χ1v) is 2.19. The molecule has 56 valence electrons. The second kappa shape index (κ2) is 51.1. The highest BCUT2D eigenvalue weighted by Gasteiger charge is 0.760. The molecule has 0 fully saturated rings. The molecule has 0 aromatic heterocycles. The molecule has 8 heteroatoms. The summed E-state index contributed by atoms with van der Waals surface area (Å²) in [7, 11) is 0. The molecule has 0 atom stereocenters. The number of hydrogen-bond acceptors (Lipinski definition) is 6. The fraction of sp³-hybridized carbons (Fsp3) is 0. The van der Waals surface area contributed by atoms with Crippen LogP contribution in [0.15, 0.2) is 0 Å². The summed E-state index contributed by atoms with van der Waals surface area (Å²) in [6, 6.07) is 0. The quantitative estimate of drug-likeness (QED) is 0.404. The lowest BCUT2D eigenvalue weighted by molar-refractivity contribution is 0.539. The smallest absolute Gasteiger partial charge is 0.0885 e. The average Bonchev–Trinajstić information content (AvgIpc) is 1.39. The van der Waals surface area contributed by atoms with Crippen molar-refractivity contribution in [3.05, 3.63) is 0 Å². The summed E-state index contributed by atoms with van der Waals surface area (Å²) in [6.45, 7) is 0. The number of hydrogen-bond donors (Lipinski definition) is 0. The van der Waals surface area contributed by atoms with Gasteiger partial charge in [-0.25, -0.2) is 0 Å². The highest BCUT2D eigenvalue weighted by atomic mass is 35.5. The molecular formula is H4Cl2O4S2-2. The maximum Gasteiger partial charge on any atom is -0.0885 e. The summed E-state index contributed by atoms with van der Waals surface area (Å²) in [6.07, 6.45) is 0. The summed E-state index contributed by atoms with van der Waals surface area (Å²) in [5.41, 5.74) is 0. The monoisotopic (exact) mass is 202 g/mol. The first-order valence-electron chi connectivity index (χ1n) is 0.730. The van der Waals surface area contributed by atoms with Gasteiger partial charge in [-0.1, -0.05) is 23.1 Å². The Bertz CT molecular complexity index is 66.0. The van der Waals surface area contributed by atoms with Gasteiger partial charge in [0.05, 0.1) is 0 Å². The van der Waals surface area contributed by atoms with E-state index in [1.54, 1.807) is 0 Å². The van der Waals surface area contributed by atoms with Crippen LogP contribution in [0.2, 0.25) is 0 Å². The molecule has 0 bridgehead atoms. The van der Waals surface area contributed by atoms with E-state index >= 15 is 0 Å². The minimum absolute atomic E-state index is 0. The summed E-state index contributed by atoms with van der Waals surface area (Å²) >= 11 is -2.17. The van der Waals surface area contributed by atoms with Crippen LogP contribution >= 0.6 is 24.8 Å². The van der Waals surface area contributed by atoms with Crippen LogP contribution in [-0.4, -0.2) is 0 Å². The normalized spacial score (nSPS) is 4.00. The fourth-order valence-electron chi connectivity index (χ4n) is 0. The molecular weight excluding hydrogens is 199 g/mol. The maximum atomic E-state index is 8.35. The van der Waals surface area contributed by atoms with Gasteiger partial charge in [-0.15, -0.1) is 24.8 Å². The molecule has 0 amide bonds. The van der Waals surface area contributed by atoms with Gasteiger partial charge in [0.25, 0.3) is 0 Å². The van der Waals surface area contributed by atoms with Gasteiger partial charge in [0.1, 0.15) is 0 Å². The van der Waals surface area contributed by atoms with Crippen molar-refractivity contribution in [2.45, 2.75) is 0 Å². The summed E-state index contributed by atoms with van der Waals surface area (Å²) in [4.78, 5) is 0. The zero-order valence-corrected chi connectivity index (χ0v) is 6.77. The van der Waals surface area contributed by atoms with Crippen molar-refractivity contribution in [3.63, 3.8) is 0 Å². The minimum Gasteiger partial charge on any atom is -0.427 e. The van der Waals surface area contributed by atoms with Crippen molar-refractivity contribution in [3.8, 4) is 0 Å². The molecule has 0 aliphatic rings. The van der Waals surface area contributed by atoms with Crippen LogP contribution < -0.4 is 0 Å². The molecule has 0 aliphatic heterocycles. The molecule has 0 radical (unpaired) electrons. The van der Waals surface area contributed by atoms with Crippen molar-refractivity contribution in [2.75, 3.05) is 0 Å². The van der Waals surface area contributed by atoms with E-state index in [1.807, 2.05) is 0 Å². The van der Waals surface area contributed by atoms with Gasteiger partial charge >= 0.3 is 0 Å². The molecule has 0 N–H and O–H groups in total. The third-order valence-electron chi connectivity index (χ3n) is 0. The number of thiol groups is 2. The van der Waals surface area contributed by atoms with Crippen LogP contribution in [0.5, 0.6) is 0 Å². The van der Waals surface area contributed by atoms with Crippen molar-refractivity contribution in [1.29, 1.82) is 0 Å². The molecule has 0 saturated heterocycles. The SMILES string of the molecule is Cl.Cl.O=[SH-]=O.O=[SH-]=O. The van der Waals surface area contributed by atoms with E-state index < -0.39 is 23.1 Å². The number of rotatable bonds is 0. The Labute approximate surface area is 65.1 Å². The fourth-order valence-corrected chi connectivity index (χ4v) is 0. The zero-order valence-electron chi connectivity index (χ0n) is 3.34. The van der Waals surface area contributed by atoms with Crippen molar-refractivity contribution >= 4 is 48.0 Å². The maximum absolute atomic E-state index is 8.35. The first-order chi connectivity index (χ1) is 2.83. The second-order valence-corrected chi connectivity index (χ2v) is 0.447. The average molecular weight is 203 g/mol. The second-order valence-electron chi connectivity index (χ2n) is 0.149. The third-order valence-corrected chi connectivity index (χ3v) is 0. The third kappa shape index (κ3) is 845. The standard InChI is InChI=1S/2ClH.2HO2S/c;;2*1-3-2/h2*1H;2*3H/q;;2*-1. The summed E-state index contributed by atoms with van der Waals surface area (Å²) in [5, 5.41) is 0. The molecule has 8 heavy (non-hydrogen) atoms. The van der Waals surface area contributed by atoms with Crippen molar-refractivity contribution in [1.82, 2.24) is 0 Å². The van der Waals surface area contributed by atoms with Crippen LogP contribution in [0, 0.1) is 0 Å². The van der Waals surface area contributed by atoms with Gasteiger partial charge in [0.2, 0.25) is 0 Å². The predicted octanol–water partition coefficient (Wildman–Crippen LogP) is -0.172. The molecule has 0 saturated carbocycles. The van der Waals surface area contributed by atoms with E-state index in [9.17, 15) is 0 Å². The van der Waals surface area contributed by atoms with E-state index in [0.29, 0.717) is 0 Å². The van der Waals surface area contributed by atoms with Gasteiger partial charge in [0, 0.05) is 0 Å². The topological polar surface area (TPSA) is 68.3 Å². The van der Waals surface area contributed by atoms with Gasteiger partial charge in [-0.3, -0.25) is 0 Å². The Balaban J connectivity index is -0.0000000160. The Morgan fingerprint density at radius 3 is 0.625 bits per heavy atom. The summed E-state index contributed by atoms with van der Waals surface area (Å²) in [5.74, 6) is 0. The highest BCUT2D eigenvalue weighted by molar-refractivity contribution is 7.51. The molecule has 0 unspecified atom stereocenters. The molecule has 0 aliphatic carbocycles. The lowest BCUT2D eigenvalue weighted by Gasteiger charge is -1.27. The van der Waals surface area contributed by atoms with Gasteiger partial charge in [0.15, 0.2) is 0 Å².